The summed E-state index contributed by atoms with van der Waals surface area (Å²) < 4.78 is 28.4. The standard InChI is InChI=1S/C18H28N4O5S/c1-3-13(2)14-12-16(27-20-14)19-17(23)15-6-4-5-7-22(15)18(24)21-8-10-28(25,26)11-9-21/h12-13,15H,3-11H2,1-2H3,(H,19,23). The maximum Gasteiger partial charge on any atom is 0.320 e. The molecule has 0 spiro atoms. The van der Waals surface area contributed by atoms with Gasteiger partial charge in [-0.1, -0.05) is 19.0 Å². The first-order valence-electron chi connectivity index (χ1n) is 9.84. The lowest BCUT2D eigenvalue weighted by atomic mass is 10.0. The van der Waals surface area contributed by atoms with Crippen molar-refractivity contribution >= 4 is 27.7 Å². The van der Waals surface area contributed by atoms with E-state index < -0.39 is 15.9 Å². The summed E-state index contributed by atoms with van der Waals surface area (Å²) in [6.45, 7) is 4.91. The van der Waals surface area contributed by atoms with Crippen LogP contribution in [-0.4, -0.2) is 72.5 Å². The molecule has 1 N–H and O–H groups in total. The molecule has 0 aromatic carbocycles. The average Bonchev–Trinajstić information content (AvgIpc) is 3.15. The van der Waals surface area contributed by atoms with Crippen molar-refractivity contribution in [3.8, 4) is 0 Å². The van der Waals surface area contributed by atoms with E-state index in [1.165, 1.54) is 4.90 Å². The summed E-state index contributed by atoms with van der Waals surface area (Å²) >= 11 is 0. The molecule has 0 saturated carbocycles. The lowest BCUT2D eigenvalue weighted by Gasteiger charge is -2.39. The SMILES string of the molecule is CCC(C)c1cc(NC(=O)C2CCCCN2C(=O)N2CCS(=O)(=O)CC2)on1. The molecule has 3 heterocycles. The molecule has 0 radical (unpaired) electrons. The van der Waals surface area contributed by atoms with Gasteiger partial charge in [-0.3, -0.25) is 10.1 Å². The van der Waals surface area contributed by atoms with Crippen molar-refractivity contribution in [2.75, 3.05) is 36.5 Å². The van der Waals surface area contributed by atoms with Gasteiger partial charge in [0.05, 0.1) is 17.2 Å². The molecule has 10 heteroatoms. The van der Waals surface area contributed by atoms with Gasteiger partial charge in [0.1, 0.15) is 6.04 Å². The summed E-state index contributed by atoms with van der Waals surface area (Å²) in [6, 6.07) is 0.848. The average molecular weight is 413 g/mol. The number of anilines is 1. The monoisotopic (exact) mass is 412 g/mol. The molecule has 2 unspecified atom stereocenters. The zero-order valence-electron chi connectivity index (χ0n) is 16.4. The first-order valence-corrected chi connectivity index (χ1v) is 11.7. The molecule has 2 aliphatic rings. The topological polar surface area (TPSA) is 113 Å². The first-order chi connectivity index (χ1) is 13.3. The van der Waals surface area contributed by atoms with E-state index in [1.807, 2.05) is 6.92 Å². The van der Waals surface area contributed by atoms with E-state index in [4.69, 9.17) is 4.52 Å². The van der Waals surface area contributed by atoms with Crippen LogP contribution in [0.25, 0.3) is 0 Å². The van der Waals surface area contributed by atoms with Crippen molar-refractivity contribution in [3.05, 3.63) is 11.8 Å². The molecule has 0 aliphatic carbocycles. The normalized spacial score (nSPS) is 23.3. The molecule has 28 heavy (non-hydrogen) atoms. The van der Waals surface area contributed by atoms with E-state index in [0.717, 1.165) is 25.0 Å². The Kier molecular flexibility index (Phi) is 6.26. The second-order valence-corrected chi connectivity index (χ2v) is 9.84. The summed E-state index contributed by atoms with van der Waals surface area (Å²) in [6.07, 6.45) is 3.15. The molecule has 2 atom stereocenters. The number of hydrogen-bond donors (Lipinski definition) is 1. The van der Waals surface area contributed by atoms with Crippen LogP contribution in [0.4, 0.5) is 10.7 Å². The Morgan fingerprint density at radius 1 is 1.29 bits per heavy atom. The molecule has 1 aromatic heterocycles. The van der Waals surface area contributed by atoms with Crippen LogP contribution < -0.4 is 5.32 Å². The summed E-state index contributed by atoms with van der Waals surface area (Å²) in [5, 5.41) is 6.73. The molecule has 2 aliphatic heterocycles. The third-order valence-corrected chi connectivity index (χ3v) is 7.17. The fourth-order valence-corrected chi connectivity index (χ4v) is 4.71. The molecular formula is C18H28N4O5S. The van der Waals surface area contributed by atoms with Gasteiger partial charge < -0.3 is 14.3 Å². The number of likely N-dealkylation sites (tertiary alicyclic amines) is 1. The third kappa shape index (κ3) is 4.65. The van der Waals surface area contributed by atoms with Gasteiger partial charge in [0, 0.05) is 31.6 Å². The van der Waals surface area contributed by atoms with E-state index in [1.54, 1.807) is 11.0 Å². The molecule has 3 rings (SSSR count). The number of carbonyl (C=O) groups excluding carboxylic acids is 2. The number of nitrogens with one attached hydrogen (secondary N) is 1. The summed E-state index contributed by atoms with van der Waals surface area (Å²) in [5.74, 6) is 0.157. The minimum absolute atomic E-state index is 0.0279. The fourth-order valence-electron chi connectivity index (χ4n) is 3.51. The second-order valence-electron chi connectivity index (χ2n) is 7.54. The van der Waals surface area contributed by atoms with Gasteiger partial charge in [-0.25, -0.2) is 13.2 Å². The number of aromatic nitrogens is 1. The number of nitrogens with zero attached hydrogens (tertiary/aromatic N) is 3. The van der Waals surface area contributed by atoms with Crippen LogP contribution in [0.2, 0.25) is 0 Å². The Morgan fingerprint density at radius 2 is 2.00 bits per heavy atom. The molecular weight excluding hydrogens is 384 g/mol. The van der Waals surface area contributed by atoms with Crippen molar-refractivity contribution in [1.82, 2.24) is 15.0 Å². The highest BCUT2D eigenvalue weighted by Crippen LogP contribution is 2.24. The summed E-state index contributed by atoms with van der Waals surface area (Å²) in [7, 11) is -3.07. The zero-order valence-corrected chi connectivity index (χ0v) is 17.2. The number of sulfone groups is 1. The van der Waals surface area contributed by atoms with E-state index >= 15 is 0 Å². The van der Waals surface area contributed by atoms with Gasteiger partial charge in [0.25, 0.3) is 0 Å². The highest BCUT2D eigenvalue weighted by atomic mass is 32.2. The van der Waals surface area contributed by atoms with Crippen LogP contribution in [0.15, 0.2) is 10.6 Å². The van der Waals surface area contributed by atoms with Crippen LogP contribution in [0.5, 0.6) is 0 Å². The Morgan fingerprint density at radius 3 is 2.68 bits per heavy atom. The van der Waals surface area contributed by atoms with Crippen molar-refractivity contribution in [1.29, 1.82) is 0 Å². The Bertz CT molecular complexity index is 808. The fraction of sp³-hybridized carbons (Fsp3) is 0.722. The third-order valence-electron chi connectivity index (χ3n) is 5.56. The van der Waals surface area contributed by atoms with Crippen LogP contribution in [0, 0.1) is 0 Å². The number of hydrogen-bond acceptors (Lipinski definition) is 6. The van der Waals surface area contributed by atoms with Gasteiger partial charge in [0.2, 0.25) is 11.8 Å². The van der Waals surface area contributed by atoms with Crippen LogP contribution >= 0.6 is 0 Å². The van der Waals surface area contributed by atoms with Crippen LogP contribution in [0.3, 0.4) is 0 Å². The van der Waals surface area contributed by atoms with E-state index in [-0.39, 0.29) is 48.3 Å². The molecule has 9 nitrogen and oxygen atoms in total. The van der Waals surface area contributed by atoms with E-state index in [9.17, 15) is 18.0 Å². The lowest BCUT2D eigenvalue weighted by molar-refractivity contribution is -0.121. The number of carbonyl (C=O) groups is 2. The largest absolute Gasteiger partial charge is 0.338 e. The second kappa shape index (κ2) is 8.50. The first kappa shape index (κ1) is 20.6. The maximum atomic E-state index is 12.9. The minimum atomic E-state index is -3.07. The zero-order chi connectivity index (χ0) is 20.3. The Balaban J connectivity index is 1.66. The van der Waals surface area contributed by atoms with Crippen molar-refractivity contribution in [2.24, 2.45) is 0 Å². The van der Waals surface area contributed by atoms with Gasteiger partial charge in [0.15, 0.2) is 9.84 Å². The van der Waals surface area contributed by atoms with E-state index in [2.05, 4.69) is 17.4 Å². The quantitative estimate of drug-likeness (QED) is 0.807. The highest BCUT2D eigenvalue weighted by Gasteiger charge is 2.36. The molecule has 1 aromatic rings. The van der Waals surface area contributed by atoms with Crippen LogP contribution in [0.1, 0.15) is 51.1 Å². The Labute approximate surface area is 165 Å². The Hall–Kier alpha value is -2.10. The lowest BCUT2D eigenvalue weighted by Crippen LogP contribution is -2.56. The number of amides is 3. The van der Waals surface area contributed by atoms with Gasteiger partial charge in [-0.15, -0.1) is 0 Å². The highest BCUT2D eigenvalue weighted by molar-refractivity contribution is 7.91. The number of urea groups is 1. The van der Waals surface area contributed by atoms with E-state index in [0.29, 0.717) is 13.0 Å². The minimum Gasteiger partial charge on any atom is -0.338 e. The van der Waals surface area contributed by atoms with Gasteiger partial charge in [-0.05, 0) is 25.7 Å². The predicted molar refractivity (Wildman–Crippen MR) is 104 cm³/mol. The molecule has 2 saturated heterocycles. The number of piperidine rings is 1. The van der Waals surface area contributed by atoms with Gasteiger partial charge >= 0.3 is 6.03 Å². The van der Waals surface area contributed by atoms with Crippen molar-refractivity contribution < 1.29 is 22.5 Å². The number of rotatable bonds is 4. The molecule has 0 bridgehead atoms. The maximum absolute atomic E-state index is 12.9. The van der Waals surface area contributed by atoms with Crippen LogP contribution in [-0.2, 0) is 14.6 Å². The summed E-state index contributed by atoms with van der Waals surface area (Å²) in [5.41, 5.74) is 0.781. The predicted octanol–water partition coefficient (Wildman–Crippen LogP) is 1.83. The molecule has 2 fully saturated rings. The molecule has 3 amide bonds. The van der Waals surface area contributed by atoms with Crippen molar-refractivity contribution in [2.45, 2.75) is 51.5 Å². The smallest absolute Gasteiger partial charge is 0.320 e. The molecule has 156 valence electrons. The van der Waals surface area contributed by atoms with Gasteiger partial charge in [-0.2, -0.15) is 0 Å². The van der Waals surface area contributed by atoms with Crippen molar-refractivity contribution in [3.63, 3.8) is 0 Å². The summed E-state index contributed by atoms with van der Waals surface area (Å²) in [4.78, 5) is 28.8.